The van der Waals surface area contributed by atoms with E-state index < -0.39 is 0 Å². The van der Waals surface area contributed by atoms with Crippen molar-refractivity contribution in [3.05, 3.63) is 0 Å². The molecule has 0 spiro atoms. The normalized spacial score (nSPS) is 20.1. The van der Waals surface area contributed by atoms with Gasteiger partial charge in [-0.05, 0) is 57.8 Å². The van der Waals surface area contributed by atoms with Gasteiger partial charge >= 0.3 is 0 Å². The number of hydrogen-bond donors (Lipinski definition) is 2. The van der Waals surface area contributed by atoms with Gasteiger partial charge in [0.25, 0.3) is 0 Å². The molecule has 2 saturated heterocycles. The van der Waals surface area contributed by atoms with Crippen LogP contribution < -0.4 is 10.6 Å². The van der Waals surface area contributed by atoms with E-state index in [2.05, 4.69) is 41.2 Å². The van der Waals surface area contributed by atoms with E-state index in [1.807, 2.05) is 20.9 Å². The summed E-state index contributed by atoms with van der Waals surface area (Å²) in [5, 5.41) is 6.43. The molecule has 0 amide bonds. The zero-order chi connectivity index (χ0) is 18.2. The van der Waals surface area contributed by atoms with E-state index >= 15 is 0 Å². The maximum atomic E-state index is 3.42. The summed E-state index contributed by atoms with van der Waals surface area (Å²) in [6, 6.07) is 0. The Labute approximate surface area is 152 Å². The Morgan fingerprint density at radius 3 is 1.83 bits per heavy atom. The highest BCUT2D eigenvalue weighted by atomic mass is 15.2. The Bertz CT molecular complexity index is 242. The second-order valence-electron chi connectivity index (χ2n) is 7.12. The third kappa shape index (κ3) is 11.4. The van der Waals surface area contributed by atoms with Gasteiger partial charge in [0.05, 0.1) is 0 Å². The van der Waals surface area contributed by atoms with Crippen molar-refractivity contribution in [3.8, 4) is 0 Å². The first-order chi connectivity index (χ1) is 11.7. The summed E-state index contributed by atoms with van der Waals surface area (Å²) < 4.78 is 0. The Balaban J connectivity index is 0.000000650. The molecule has 0 unspecified atom stereocenters. The maximum absolute atomic E-state index is 3.42. The standard InChI is InChI=1S/C14H29N3.C4H11N.C2H6/c1-13(2)14-3-7-16(8-4-14)11-12-17-9-5-15-6-10-17;1-3-4-5-2;1-2/h13-15H,3-12H2,1-2H3;5H,3-4H2,1-2H3;1-2H3. The molecule has 0 aliphatic carbocycles. The predicted octanol–water partition coefficient (Wildman–Crippen LogP) is 2.90. The fourth-order valence-corrected chi connectivity index (χ4v) is 3.31. The monoisotopic (exact) mass is 342 g/mol. The molecule has 2 fully saturated rings. The van der Waals surface area contributed by atoms with Crippen molar-refractivity contribution in [3.63, 3.8) is 0 Å². The zero-order valence-electron chi connectivity index (χ0n) is 17.5. The van der Waals surface area contributed by atoms with Crippen LogP contribution in [-0.4, -0.2) is 75.8 Å². The summed E-state index contributed by atoms with van der Waals surface area (Å²) >= 11 is 0. The van der Waals surface area contributed by atoms with Gasteiger partial charge in [0.1, 0.15) is 0 Å². The van der Waals surface area contributed by atoms with Crippen LogP contribution in [-0.2, 0) is 0 Å². The number of hydrogen-bond acceptors (Lipinski definition) is 4. The van der Waals surface area contributed by atoms with E-state index in [1.165, 1.54) is 71.6 Å². The van der Waals surface area contributed by atoms with Crippen molar-refractivity contribution in [1.82, 2.24) is 20.4 Å². The van der Waals surface area contributed by atoms with Gasteiger partial charge in [-0.2, -0.15) is 0 Å². The molecule has 0 aromatic heterocycles. The quantitative estimate of drug-likeness (QED) is 0.777. The molecule has 2 aliphatic heterocycles. The predicted molar refractivity (Wildman–Crippen MR) is 109 cm³/mol. The first-order valence-electron chi connectivity index (χ1n) is 10.5. The van der Waals surface area contributed by atoms with Gasteiger partial charge in [-0.15, -0.1) is 0 Å². The second kappa shape index (κ2) is 16.3. The van der Waals surface area contributed by atoms with E-state index in [0.29, 0.717) is 0 Å². The largest absolute Gasteiger partial charge is 0.320 e. The number of nitrogens with zero attached hydrogens (tertiary/aromatic N) is 2. The molecule has 0 radical (unpaired) electrons. The molecule has 2 rings (SSSR count). The minimum absolute atomic E-state index is 0.880. The Hall–Kier alpha value is -0.160. The van der Waals surface area contributed by atoms with Gasteiger partial charge in [0.15, 0.2) is 0 Å². The van der Waals surface area contributed by atoms with Crippen molar-refractivity contribution in [2.45, 2.75) is 53.9 Å². The van der Waals surface area contributed by atoms with Crippen LogP contribution in [0.5, 0.6) is 0 Å². The van der Waals surface area contributed by atoms with Crippen LogP contribution in [0.2, 0.25) is 0 Å². The highest BCUT2D eigenvalue weighted by molar-refractivity contribution is 4.76. The van der Waals surface area contributed by atoms with Crippen molar-refractivity contribution in [2.75, 3.05) is 66.0 Å². The lowest BCUT2D eigenvalue weighted by atomic mass is 9.87. The molecule has 2 N–H and O–H groups in total. The maximum Gasteiger partial charge on any atom is 0.0110 e. The number of likely N-dealkylation sites (tertiary alicyclic amines) is 1. The van der Waals surface area contributed by atoms with E-state index in [1.54, 1.807) is 0 Å². The summed E-state index contributed by atoms with van der Waals surface area (Å²) in [5.41, 5.74) is 0. The molecule has 0 bridgehead atoms. The summed E-state index contributed by atoms with van der Waals surface area (Å²) in [5.74, 6) is 1.86. The van der Waals surface area contributed by atoms with Crippen molar-refractivity contribution < 1.29 is 0 Å². The van der Waals surface area contributed by atoms with E-state index in [4.69, 9.17) is 0 Å². The summed E-state index contributed by atoms with van der Waals surface area (Å²) in [6.07, 6.45) is 4.06. The van der Waals surface area contributed by atoms with Crippen molar-refractivity contribution in [2.24, 2.45) is 11.8 Å². The van der Waals surface area contributed by atoms with Gasteiger partial charge in [0.2, 0.25) is 0 Å². The third-order valence-electron chi connectivity index (χ3n) is 5.02. The fraction of sp³-hybridized carbons (Fsp3) is 1.00. The van der Waals surface area contributed by atoms with Gasteiger partial charge < -0.3 is 15.5 Å². The lowest BCUT2D eigenvalue weighted by Crippen LogP contribution is -2.47. The lowest BCUT2D eigenvalue weighted by molar-refractivity contribution is 0.133. The zero-order valence-corrected chi connectivity index (χ0v) is 17.5. The summed E-state index contributed by atoms with van der Waals surface area (Å²) in [4.78, 5) is 5.27. The molecular formula is C20H46N4. The van der Waals surface area contributed by atoms with Gasteiger partial charge in [-0.1, -0.05) is 34.6 Å². The van der Waals surface area contributed by atoms with Crippen LogP contribution in [0.15, 0.2) is 0 Å². The van der Waals surface area contributed by atoms with Crippen LogP contribution in [0, 0.1) is 11.8 Å². The molecule has 0 aromatic rings. The molecule has 2 heterocycles. The van der Waals surface area contributed by atoms with E-state index in [-0.39, 0.29) is 0 Å². The minimum atomic E-state index is 0.880. The number of nitrogens with one attached hydrogen (secondary N) is 2. The van der Waals surface area contributed by atoms with Crippen LogP contribution in [0.1, 0.15) is 53.9 Å². The van der Waals surface area contributed by atoms with Crippen LogP contribution in [0.4, 0.5) is 0 Å². The van der Waals surface area contributed by atoms with Crippen LogP contribution >= 0.6 is 0 Å². The van der Waals surface area contributed by atoms with Gasteiger partial charge in [-0.25, -0.2) is 0 Å². The Morgan fingerprint density at radius 1 is 0.958 bits per heavy atom. The number of piperidine rings is 1. The number of piperazine rings is 1. The Morgan fingerprint density at radius 2 is 1.46 bits per heavy atom. The summed E-state index contributed by atoms with van der Waals surface area (Å²) in [7, 11) is 1.96. The Kier molecular flexibility index (Phi) is 16.2. The average molecular weight is 343 g/mol. The molecule has 0 atom stereocenters. The average Bonchev–Trinajstić information content (AvgIpc) is 2.64. The smallest absolute Gasteiger partial charge is 0.0110 e. The molecule has 146 valence electrons. The lowest BCUT2D eigenvalue weighted by Gasteiger charge is -2.35. The van der Waals surface area contributed by atoms with Gasteiger partial charge in [0, 0.05) is 39.3 Å². The van der Waals surface area contributed by atoms with Crippen molar-refractivity contribution in [1.29, 1.82) is 0 Å². The molecule has 4 heteroatoms. The molecule has 2 aliphatic rings. The fourth-order valence-electron chi connectivity index (χ4n) is 3.31. The first kappa shape index (κ1) is 23.8. The SMILES string of the molecule is CC.CC(C)C1CCN(CCN2CCNCC2)CC1.CCCNC. The molecule has 24 heavy (non-hydrogen) atoms. The van der Waals surface area contributed by atoms with E-state index in [9.17, 15) is 0 Å². The molecular weight excluding hydrogens is 296 g/mol. The summed E-state index contributed by atoms with van der Waals surface area (Å²) in [6.45, 7) is 22.1. The number of rotatable bonds is 6. The van der Waals surface area contributed by atoms with Crippen LogP contribution in [0.25, 0.3) is 0 Å². The first-order valence-corrected chi connectivity index (χ1v) is 10.5. The molecule has 0 saturated carbocycles. The second-order valence-corrected chi connectivity index (χ2v) is 7.12. The van der Waals surface area contributed by atoms with E-state index in [0.717, 1.165) is 18.4 Å². The van der Waals surface area contributed by atoms with Crippen molar-refractivity contribution >= 4 is 0 Å². The highest BCUT2D eigenvalue weighted by Crippen LogP contribution is 2.24. The minimum Gasteiger partial charge on any atom is -0.320 e. The molecule has 4 nitrogen and oxygen atoms in total. The van der Waals surface area contributed by atoms with Gasteiger partial charge in [-0.3, -0.25) is 4.90 Å². The van der Waals surface area contributed by atoms with Crippen LogP contribution in [0.3, 0.4) is 0 Å². The molecule has 0 aromatic carbocycles. The topological polar surface area (TPSA) is 30.5 Å². The third-order valence-corrected chi connectivity index (χ3v) is 5.02. The highest BCUT2D eigenvalue weighted by Gasteiger charge is 2.21.